The Morgan fingerprint density at radius 2 is 1.91 bits per heavy atom. The second-order valence-electron chi connectivity index (χ2n) is 7.41. The van der Waals surface area contributed by atoms with Gasteiger partial charge in [0.05, 0.1) is 6.04 Å². The summed E-state index contributed by atoms with van der Waals surface area (Å²) in [6.45, 7) is 9.85. The highest BCUT2D eigenvalue weighted by atomic mass is 32.1. The lowest BCUT2D eigenvalue weighted by atomic mass is 9.91. The van der Waals surface area contributed by atoms with Gasteiger partial charge in [0.15, 0.2) is 0 Å². The van der Waals surface area contributed by atoms with E-state index >= 15 is 0 Å². The minimum Gasteiger partial charge on any atom is -0.444 e. The molecule has 5 nitrogen and oxygen atoms in total. The first-order chi connectivity index (χ1) is 10.7. The van der Waals surface area contributed by atoms with Crippen molar-refractivity contribution in [2.24, 2.45) is 0 Å². The Labute approximate surface area is 143 Å². The Morgan fingerprint density at radius 3 is 2.43 bits per heavy atom. The summed E-state index contributed by atoms with van der Waals surface area (Å²) in [5, 5.41) is 9.89. The maximum absolute atomic E-state index is 11.8. The molecule has 0 aliphatic heterocycles. The van der Waals surface area contributed by atoms with E-state index in [1.54, 1.807) is 11.3 Å². The summed E-state index contributed by atoms with van der Waals surface area (Å²) in [6.07, 6.45) is 3.80. The molecule has 1 aromatic heterocycles. The van der Waals surface area contributed by atoms with Gasteiger partial charge in [0.1, 0.15) is 10.6 Å². The second-order valence-corrected chi connectivity index (χ2v) is 8.30. The normalized spacial score (nSPS) is 23.3. The number of nitrogens with one attached hydrogen (secondary N) is 2. The van der Waals surface area contributed by atoms with Gasteiger partial charge in [0.2, 0.25) is 0 Å². The molecule has 23 heavy (non-hydrogen) atoms. The molecule has 0 radical (unpaired) electrons. The highest BCUT2D eigenvalue weighted by molar-refractivity contribution is 7.09. The van der Waals surface area contributed by atoms with Gasteiger partial charge < -0.3 is 15.4 Å². The van der Waals surface area contributed by atoms with Crippen molar-refractivity contribution in [2.45, 2.75) is 84.0 Å². The lowest BCUT2D eigenvalue weighted by molar-refractivity contribution is 0.0489. The summed E-state index contributed by atoms with van der Waals surface area (Å²) in [7, 11) is 0. The maximum Gasteiger partial charge on any atom is 0.407 e. The quantitative estimate of drug-likeness (QED) is 0.872. The number of hydrogen-bond donors (Lipinski definition) is 2. The van der Waals surface area contributed by atoms with Crippen LogP contribution in [0.15, 0.2) is 5.38 Å². The van der Waals surface area contributed by atoms with Crippen LogP contribution in [-0.2, 0) is 4.74 Å². The molecule has 0 aromatic carbocycles. The minimum atomic E-state index is -0.440. The largest absolute Gasteiger partial charge is 0.444 e. The molecule has 6 heteroatoms. The number of carbonyl (C=O) groups is 1. The van der Waals surface area contributed by atoms with Gasteiger partial charge in [-0.25, -0.2) is 9.78 Å². The zero-order valence-corrected chi connectivity index (χ0v) is 15.6. The topological polar surface area (TPSA) is 63.2 Å². The lowest BCUT2D eigenvalue weighted by Crippen LogP contribution is -2.44. The van der Waals surface area contributed by atoms with Crippen molar-refractivity contribution in [1.29, 1.82) is 0 Å². The first-order valence-corrected chi connectivity index (χ1v) is 9.28. The second kappa shape index (κ2) is 7.62. The molecular weight excluding hydrogens is 310 g/mol. The molecule has 0 saturated heterocycles. The number of aryl methyl sites for hydroxylation is 1. The van der Waals surface area contributed by atoms with Crippen LogP contribution in [0.4, 0.5) is 4.79 Å². The maximum atomic E-state index is 11.8. The van der Waals surface area contributed by atoms with Gasteiger partial charge in [0.25, 0.3) is 0 Å². The van der Waals surface area contributed by atoms with Crippen LogP contribution in [0.1, 0.15) is 70.1 Å². The van der Waals surface area contributed by atoms with Crippen molar-refractivity contribution in [3.8, 4) is 0 Å². The summed E-state index contributed by atoms with van der Waals surface area (Å²) < 4.78 is 5.32. The van der Waals surface area contributed by atoms with E-state index in [2.05, 4.69) is 27.9 Å². The van der Waals surface area contributed by atoms with Gasteiger partial charge in [-0.1, -0.05) is 0 Å². The van der Waals surface area contributed by atoms with Crippen LogP contribution >= 0.6 is 11.3 Å². The summed E-state index contributed by atoms with van der Waals surface area (Å²) in [4.78, 5) is 16.4. The van der Waals surface area contributed by atoms with E-state index in [9.17, 15) is 4.79 Å². The standard InChI is InChI=1S/C17H29N3O2S/c1-11-10-23-15(18-11)12(2)19-13-6-8-14(9-7-13)20-16(21)22-17(3,4)5/h10,12-14,19H,6-9H2,1-5H3,(H,20,21). The van der Waals surface area contributed by atoms with E-state index in [-0.39, 0.29) is 18.2 Å². The highest BCUT2D eigenvalue weighted by Crippen LogP contribution is 2.24. The fourth-order valence-electron chi connectivity index (χ4n) is 2.87. The minimum absolute atomic E-state index is 0.223. The summed E-state index contributed by atoms with van der Waals surface area (Å²) in [6, 6.07) is 1.00. The van der Waals surface area contributed by atoms with Crippen LogP contribution in [0.5, 0.6) is 0 Å². The highest BCUT2D eigenvalue weighted by Gasteiger charge is 2.25. The first-order valence-electron chi connectivity index (χ1n) is 8.40. The third-order valence-corrected chi connectivity index (χ3v) is 5.09. The van der Waals surface area contributed by atoms with Crippen LogP contribution in [0, 0.1) is 6.92 Å². The van der Waals surface area contributed by atoms with Gasteiger partial charge >= 0.3 is 6.09 Å². The zero-order chi connectivity index (χ0) is 17.0. The monoisotopic (exact) mass is 339 g/mol. The van der Waals surface area contributed by atoms with E-state index in [4.69, 9.17) is 4.74 Å². The molecule has 1 heterocycles. The predicted octanol–water partition coefficient (Wildman–Crippen LogP) is 3.94. The van der Waals surface area contributed by atoms with Crippen LogP contribution in [0.3, 0.4) is 0 Å². The number of hydrogen-bond acceptors (Lipinski definition) is 5. The average Bonchev–Trinajstić information content (AvgIpc) is 2.85. The summed E-state index contributed by atoms with van der Waals surface area (Å²) in [5.41, 5.74) is 0.647. The molecule has 1 saturated carbocycles. The SMILES string of the molecule is Cc1csc(C(C)NC2CCC(NC(=O)OC(C)(C)C)CC2)n1. The van der Waals surface area contributed by atoms with Gasteiger partial charge in [-0.3, -0.25) is 0 Å². The molecule has 1 unspecified atom stereocenters. The van der Waals surface area contributed by atoms with Crippen molar-refractivity contribution in [3.63, 3.8) is 0 Å². The number of ether oxygens (including phenoxy) is 1. The first kappa shape index (κ1) is 18.2. The molecule has 130 valence electrons. The molecule has 1 amide bonds. The van der Waals surface area contributed by atoms with E-state index in [1.807, 2.05) is 27.7 Å². The van der Waals surface area contributed by atoms with Crippen molar-refractivity contribution < 1.29 is 9.53 Å². The van der Waals surface area contributed by atoms with Crippen LogP contribution < -0.4 is 10.6 Å². The Morgan fingerprint density at radius 1 is 1.30 bits per heavy atom. The lowest BCUT2D eigenvalue weighted by Gasteiger charge is -2.31. The summed E-state index contributed by atoms with van der Waals surface area (Å²) in [5.74, 6) is 0. The number of carbonyl (C=O) groups excluding carboxylic acids is 1. The van der Waals surface area contributed by atoms with Crippen molar-refractivity contribution in [1.82, 2.24) is 15.6 Å². The van der Waals surface area contributed by atoms with Gasteiger partial charge in [-0.05, 0) is 60.3 Å². The molecular formula is C17H29N3O2S. The molecule has 1 aromatic rings. The number of aromatic nitrogens is 1. The molecule has 0 bridgehead atoms. The number of rotatable bonds is 4. The smallest absolute Gasteiger partial charge is 0.407 e. The molecule has 1 fully saturated rings. The van der Waals surface area contributed by atoms with Gasteiger partial charge in [-0.2, -0.15) is 0 Å². The molecule has 1 aliphatic carbocycles. The molecule has 2 N–H and O–H groups in total. The van der Waals surface area contributed by atoms with E-state index in [0.717, 1.165) is 36.4 Å². The fraction of sp³-hybridized carbons (Fsp3) is 0.765. The van der Waals surface area contributed by atoms with Crippen LogP contribution in [0.25, 0.3) is 0 Å². The van der Waals surface area contributed by atoms with E-state index < -0.39 is 5.60 Å². The van der Waals surface area contributed by atoms with E-state index in [1.165, 1.54) is 0 Å². The van der Waals surface area contributed by atoms with Gasteiger partial charge in [0, 0.05) is 23.2 Å². The number of thiazole rings is 1. The average molecular weight is 340 g/mol. The third kappa shape index (κ3) is 6.11. The summed E-state index contributed by atoms with van der Waals surface area (Å²) >= 11 is 1.71. The Bertz CT molecular complexity index is 516. The number of nitrogens with zero attached hydrogens (tertiary/aromatic N) is 1. The van der Waals surface area contributed by atoms with Crippen molar-refractivity contribution in [3.05, 3.63) is 16.1 Å². The van der Waals surface area contributed by atoms with Gasteiger partial charge in [-0.15, -0.1) is 11.3 Å². The Hall–Kier alpha value is -1.14. The van der Waals surface area contributed by atoms with Crippen LogP contribution in [-0.4, -0.2) is 28.8 Å². The predicted molar refractivity (Wildman–Crippen MR) is 93.8 cm³/mol. The zero-order valence-electron chi connectivity index (χ0n) is 14.8. The van der Waals surface area contributed by atoms with E-state index in [0.29, 0.717) is 6.04 Å². The van der Waals surface area contributed by atoms with Crippen molar-refractivity contribution in [2.75, 3.05) is 0 Å². The number of amides is 1. The third-order valence-electron chi connectivity index (χ3n) is 3.94. The Kier molecular flexibility index (Phi) is 6.03. The van der Waals surface area contributed by atoms with Crippen LogP contribution in [0.2, 0.25) is 0 Å². The molecule has 2 rings (SSSR count). The molecule has 1 aliphatic rings. The molecule has 0 spiro atoms. The fourth-order valence-corrected chi connectivity index (χ4v) is 3.69. The van der Waals surface area contributed by atoms with Crippen molar-refractivity contribution >= 4 is 17.4 Å². The molecule has 1 atom stereocenters. The number of alkyl carbamates (subject to hydrolysis) is 1. The Balaban J connectivity index is 1.72.